The van der Waals surface area contributed by atoms with Crippen LogP contribution in [0.25, 0.3) is 10.9 Å². The number of aromatic nitrogens is 4. The molecule has 2 aliphatic carbocycles. The lowest BCUT2D eigenvalue weighted by atomic mass is 10.2. The van der Waals surface area contributed by atoms with Crippen molar-refractivity contribution >= 4 is 34.3 Å². The molecule has 0 radical (unpaired) electrons. The first kappa shape index (κ1) is 20.7. The van der Waals surface area contributed by atoms with Gasteiger partial charge in [0, 0.05) is 12.1 Å². The van der Waals surface area contributed by atoms with Crippen molar-refractivity contribution in [2.24, 2.45) is 0 Å². The Morgan fingerprint density at radius 1 is 1.06 bits per heavy atom. The van der Waals surface area contributed by atoms with Gasteiger partial charge in [0.05, 0.1) is 16.7 Å². The van der Waals surface area contributed by atoms with Gasteiger partial charge in [0.25, 0.3) is 11.1 Å². The van der Waals surface area contributed by atoms with Crippen molar-refractivity contribution in [3.63, 3.8) is 0 Å². The average molecular weight is 454 g/mol. The summed E-state index contributed by atoms with van der Waals surface area (Å²) < 4.78 is 2.99. The molecule has 2 aliphatic rings. The zero-order valence-corrected chi connectivity index (χ0v) is 18.2. The van der Waals surface area contributed by atoms with E-state index in [1.54, 1.807) is 16.7 Å². The number of anilines is 1. The molecule has 2 fully saturated rings. The van der Waals surface area contributed by atoms with Gasteiger partial charge in [-0.2, -0.15) is 0 Å². The number of hydrogen-bond acceptors (Lipinski definition) is 7. The highest BCUT2D eigenvalue weighted by Gasteiger charge is 2.30. The third-order valence-corrected chi connectivity index (χ3v) is 7.12. The highest BCUT2D eigenvalue weighted by atomic mass is 32.2. The number of nitrogen functional groups attached to an aromatic ring is 1. The molecule has 5 rings (SSSR count). The number of para-hydroxylation sites is 1. The number of ketones is 1. The fourth-order valence-electron chi connectivity index (χ4n) is 4.44. The summed E-state index contributed by atoms with van der Waals surface area (Å²) in [6.07, 6.45) is 5.43. The number of rotatable bonds is 6. The molecule has 0 amide bonds. The highest BCUT2D eigenvalue weighted by Crippen LogP contribution is 2.36. The van der Waals surface area contributed by atoms with E-state index in [1.165, 1.54) is 4.57 Å². The smallest absolute Gasteiger partial charge is 0.330 e. The van der Waals surface area contributed by atoms with Crippen molar-refractivity contribution < 1.29 is 4.79 Å². The normalized spacial score (nSPS) is 16.6. The van der Waals surface area contributed by atoms with E-state index in [0.29, 0.717) is 16.1 Å². The summed E-state index contributed by atoms with van der Waals surface area (Å²) in [7, 11) is 0. The molecule has 0 saturated heterocycles. The first-order valence-corrected chi connectivity index (χ1v) is 11.8. The average Bonchev–Trinajstić information content (AvgIpc) is 3.44. The van der Waals surface area contributed by atoms with Crippen LogP contribution in [-0.2, 0) is 0 Å². The van der Waals surface area contributed by atoms with E-state index in [-0.39, 0.29) is 34.8 Å². The fourth-order valence-corrected chi connectivity index (χ4v) is 5.38. The van der Waals surface area contributed by atoms with Gasteiger partial charge in [0.15, 0.2) is 10.9 Å². The van der Waals surface area contributed by atoms with E-state index in [2.05, 4.69) is 9.97 Å². The molecule has 0 bridgehead atoms. The van der Waals surface area contributed by atoms with Crippen LogP contribution in [-0.4, -0.2) is 30.6 Å². The molecule has 0 unspecified atom stereocenters. The van der Waals surface area contributed by atoms with E-state index in [1.807, 2.05) is 12.1 Å². The lowest BCUT2D eigenvalue weighted by Gasteiger charge is -2.18. The Bertz CT molecular complexity index is 1400. The molecule has 10 heteroatoms. The predicted molar refractivity (Wildman–Crippen MR) is 123 cm³/mol. The molecule has 2 saturated carbocycles. The second kappa shape index (κ2) is 8.09. The summed E-state index contributed by atoms with van der Waals surface area (Å²) in [5.74, 6) is -0.705. The maximum absolute atomic E-state index is 13.2. The standard InChI is InChI=1S/C22H23N5O4S/c23-18-17(19(29)25-21(31)26(18)13-9-10-13)16(28)11-32-22-24-15-8-4-3-7-14(15)20(30)27(22)12-5-1-2-6-12/h3-4,7-8,12-13H,1-2,5-6,9-11,23H2,(H,25,29,31). The molecule has 0 spiro atoms. The lowest BCUT2D eigenvalue weighted by molar-refractivity contribution is 0.102. The molecular weight excluding hydrogens is 430 g/mol. The number of hydrogen-bond donors (Lipinski definition) is 2. The van der Waals surface area contributed by atoms with Gasteiger partial charge in [-0.25, -0.2) is 9.78 Å². The second-order valence-electron chi connectivity index (χ2n) is 8.36. The Balaban J connectivity index is 1.51. The molecular formula is C22H23N5O4S. The van der Waals surface area contributed by atoms with E-state index in [4.69, 9.17) is 5.73 Å². The maximum atomic E-state index is 13.2. The molecule has 3 N–H and O–H groups in total. The monoisotopic (exact) mass is 453 g/mol. The van der Waals surface area contributed by atoms with Crippen molar-refractivity contribution in [3.05, 3.63) is 61.0 Å². The first-order chi connectivity index (χ1) is 15.5. The maximum Gasteiger partial charge on any atom is 0.330 e. The molecule has 166 valence electrons. The Kier molecular flexibility index (Phi) is 5.24. The van der Waals surface area contributed by atoms with Crippen LogP contribution in [0.15, 0.2) is 43.8 Å². The number of Topliss-reactive ketones (excluding diaryl/α,β-unsaturated/α-hetero) is 1. The van der Waals surface area contributed by atoms with Crippen LogP contribution in [0.5, 0.6) is 0 Å². The Hall–Kier alpha value is -3.14. The number of nitrogens with one attached hydrogen (secondary N) is 1. The molecule has 0 aliphatic heterocycles. The van der Waals surface area contributed by atoms with Gasteiger partial charge < -0.3 is 5.73 Å². The number of nitrogens with two attached hydrogens (primary N) is 1. The van der Waals surface area contributed by atoms with Crippen LogP contribution < -0.4 is 22.5 Å². The molecule has 2 aromatic heterocycles. The van der Waals surface area contributed by atoms with Gasteiger partial charge in [-0.05, 0) is 37.8 Å². The number of nitrogens with zero attached hydrogens (tertiary/aromatic N) is 3. The highest BCUT2D eigenvalue weighted by molar-refractivity contribution is 7.99. The van der Waals surface area contributed by atoms with E-state index < -0.39 is 17.0 Å². The first-order valence-electron chi connectivity index (χ1n) is 10.8. The summed E-state index contributed by atoms with van der Waals surface area (Å²) in [4.78, 5) is 57.6. The van der Waals surface area contributed by atoms with Crippen molar-refractivity contribution in [1.82, 2.24) is 19.1 Å². The number of thioether (sulfide) groups is 1. The van der Waals surface area contributed by atoms with Crippen molar-refractivity contribution in [1.29, 1.82) is 0 Å². The number of H-pyrrole nitrogens is 1. The zero-order chi connectivity index (χ0) is 22.4. The third kappa shape index (κ3) is 3.58. The lowest BCUT2D eigenvalue weighted by Crippen LogP contribution is -2.36. The van der Waals surface area contributed by atoms with Crippen molar-refractivity contribution in [3.8, 4) is 0 Å². The van der Waals surface area contributed by atoms with Crippen LogP contribution in [0.4, 0.5) is 5.82 Å². The van der Waals surface area contributed by atoms with Crippen molar-refractivity contribution in [2.45, 2.75) is 55.8 Å². The van der Waals surface area contributed by atoms with Crippen LogP contribution in [0, 0.1) is 0 Å². The molecule has 0 atom stereocenters. The second-order valence-corrected chi connectivity index (χ2v) is 9.30. The van der Waals surface area contributed by atoms with Crippen LogP contribution in [0.2, 0.25) is 0 Å². The number of benzene rings is 1. The van der Waals surface area contributed by atoms with Gasteiger partial charge in [-0.3, -0.25) is 28.5 Å². The number of carbonyl (C=O) groups excluding carboxylic acids is 1. The van der Waals surface area contributed by atoms with E-state index in [9.17, 15) is 19.2 Å². The minimum absolute atomic E-state index is 0.0439. The van der Waals surface area contributed by atoms with Crippen LogP contribution >= 0.6 is 11.8 Å². The quantitative estimate of drug-likeness (QED) is 0.332. The predicted octanol–water partition coefficient (Wildman–Crippen LogP) is 2.25. The number of aromatic amines is 1. The minimum atomic E-state index is -0.783. The van der Waals surface area contributed by atoms with Gasteiger partial charge >= 0.3 is 5.69 Å². The van der Waals surface area contributed by atoms with Gasteiger partial charge in [0.2, 0.25) is 0 Å². The van der Waals surface area contributed by atoms with Crippen molar-refractivity contribution in [2.75, 3.05) is 11.5 Å². The van der Waals surface area contributed by atoms with E-state index >= 15 is 0 Å². The summed E-state index contributed by atoms with van der Waals surface area (Å²) in [5, 5.41) is 1.01. The van der Waals surface area contributed by atoms with Gasteiger partial charge in [-0.15, -0.1) is 0 Å². The Morgan fingerprint density at radius 2 is 1.75 bits per heavy atom. The molecule has 32 heavy (non-hydrogen) atoms. The zero-order valence-electron chi connectivity index (χ0n) is 17.4. The Labute approximate surface area is 186 Å². The topological polar surface area (TPSA) is 133 Å². The van der Waals surface area contributed by atoms with E-state index in [0.717, 1.165) is 50.3 Å². The van der Waals surface area contributed by atoms with Crippen LogP contribution in [0.1, 0.15) is 61.0 Å². The SMILES string of the molecule is Nc1c(C(=O)CSc2nc3ccccc3c(=O)n2C2CCCC2)c(=O)[nH]c(=O)n1C1CC1. The summed E-state index contributed by atoms with van der Waals surface area (Å²) in [6.45, 7) is 0. The fraction of sp³-hybridized carbons (Fsp3) is 0.409. The third-order valence-electron chi connectivity index (χ3n) is 6.17. The molecule has 1 aromatic carbocycles. The number of carbonyl (C=O) groups is 1. The summed E-state index contributed by atoms with van der Waals surface area (Å²) in [6, 6.07) is 7.13. The molecule has 2 heterocycles. The Morgan fingerprint density at radius 3 is 2.47 bits per heavy atom. The van der Waals surface area contributed by atoms with Gasteiger partial charge in [-0.1, -0.05) is 36.7 Å². The summed E-state index contributed by atoms with van der Waals surface area (Å²) >= 11 is 1.12. The van der Waals surface area contributed by atoms with Gasteiger partial charge in [0.1, 0.15) is 11.4 Å². The molecule has 3 aromatic rings. The largest absolute Gasteiger partial charge is 0.384 e. The summed E-state index contributed by atoms with van der Waals surface area (Å²) in [5.41, 5.74) is 4.94. The number of fused-ring (bicyclic) bond motifs is 1. The minimum Gasteiger partial charge on any atom is -0.384 e. The van der Waals surface area contributed by atoms with Crippen LogP contribution in [0.3, 0.4) is 0 Å². The molecule has 9 nitrogen and oxygen atoms in total.